The van der Waals surface area contributed by atoms with Crippen LogP contribution in [0.3, 0.4) is 0 Å². The zero-order valence-corrected chi connectivity index (χ0v) is 15.9. The monoisotopic (exact) mass is 417 g/mol. The van der Waals surface area contributed by atoms with Crippen LogP contribution in [0, 0.1) is 0 Å². The molecule has 1 aromatic heterocycles. The number of rotatable bonds is 7. The van der Waals surface area contributed by atoms with Crippen molar-refractivity contribution in [2.24, 2.45) is 0 Å². The summed E-state index contributed by atoms with van der Waals surface area (Å²) in [6.07, 6.45) is 1.20. The molecule has 0 spiro atoms. The van der Waals surface area contributed by atoms with E-state index in [1.165, 1.54) is 0 Å². The van der Waals surface area contributed by atoms with Gasteiger partial charge in [0.25, 0.3) is 0 Å². The number of amides is 2. The lowest BCUT2D eigenvalue weighted by Gasteiger charge is -2.06. The van der Waals surface area contributed by atoms with Gasteiger partial charge in [-0.05, 0) is 38.2 Å². The van der Waals surface area contributed by atoms with Crippen LogP contribution in [0.2, 0.25) is 0 Å². The van der Waals surface area contributed by atoms with Crippen molar-refractivity contribution in [1.82, 2.24) is 20.8 Å². The Morgan fingerprint density at radius 3 is 2.71 bits per heavy atom. The first-order valence-electron chi connectivity index (χ1n) is 7.36. The predicted molar refractivity (Wildman–Crippen MR) is 98.6 cm³/mol. The minimum Gasteiger partial charge on any atom is -0.339 e. The molecule has 0 fully saturated rings. The van der Waals surface area contributed by atoms with E-state index in [9.17, 15) is 4.79 Å². The number of carbonyl (C=O) groups excluding carboxylic acids is 1. The van der Waals surface area contributed by atoms with Gasteiger partial charge < -0.3 is 20.5 Å². The van der Waals surface area contributed by atoms with E-state index in [1.807, 2.05) is 38.2 Å². The van der Waals surface area contributed by atoms with Gasteiger partial charge >= 0.3 is 6.03 Å². The summed E-state index contributed by atoms with van der Waals surface area (Å²) in [5.74, 6) is 1.19. The van der Waals surface area contributed by atoms with Crippen LogP contribution in [0.15, 0.2) is 33.3 Å². The molecule has 9 heteroatoms. The van der Waals surface area contributed by atoms with E-state index in [4.69, 9.17) is 4.52 Å². The number of urea groups is 1. The van der Waals surface area contributed by atoms with E-state index in [-0.39, 0.29) is 24.5 Å². The van der Waals surface area contributed by atoms with Crippen LogP contribution in [0.4, 0.5) is 10.5 Å². The Morgan fingerprint density at radius 1 is 1.33 bits per heavy atom. The Morgan fingerprint density at radius 2 is 2.04 bits per heavy atom. The zero-order valence-electron chi connectivity index (χ0n) is 13.5. The summed E-state index contributed by atoms with van der Waals surface area (Å²) in [5.41, 5.74) is 0.729. The molecular weight excluding hydrogens is 398 g/mol. The van der Waals surface area contributed by atoms with Gasteiger partial charge in [-0.3, -0.25) is 0 Å². The topological polar surface area (TPSA) is 92.1 Å². The molecule has 0 aliphatic rings. The third kappa shape index (κ3) is 6.86. The van der Waals surface area contributed by atoms with Gasteiger partial charge in [0.15, 0.2) is 5.82 Å². The number of likely N-dealkylation sites (N-methyl/N-ethyl adjacent to an activating group) is 1. The third-order valence-corrected chi connectivity index (χ3v) is 3.75. The fraction of sp³-hybridized carbons (Fsp3) is 0.400. The molecule has 132 valence electrons. The van der Waals surface area contributed by atoms with Gasteiger partial charge in [0, 0.05) is 35.6 Å². The molecule has 1 unspecified atom stereocenters. The number of nitrogens with zero attached hydrogens (tertiary/aromatic N) is 2. The Balaban J connectivity index is 0.00000288. The fourth-order valence-corrected chi connectivity index (χ4v) is 2.11. The van der Waals surface area contributed by atoms with Gasteiger partial charge in [0.2, 0.25) is 5.89 Å². The number of halogens is 2. The lowest BCUT2D eigenvalue weighted by Crippen LogP contribution is -2.30. The average Bonchev–Trinajstić information content (AvgIpc) is 2.97. The van der Waals surface area contributed by atoms with Gasteiger partial charge in [-0.2, -0.15) is 4.98 Å². The van der Waals surface area contributed by atoms with Crippen molar-refractivity contribution in [2.75, 3.05) is 18.9 Å². The first kappa shape index (κ1) is 20.4. The third-order valence-electron chi connectivity index (χ3n) is 3.22. The molecule has 1 atom stereocenters. The maximum absolute atomic E-state index is 11.8. The average molecular weight is 419 g/mol. The van der Waals surface area contributed by atoms with Gasteiger partial charge in [-0.25, -0.2) is 4.79 Å². The van der Waals surface area contributed by atoms with Crippen molar-refractivity contribution in [1.29, 1.82) is 0 Å². The Kier molecular flexibility index (Phi) is 8.73. The summed E-state index contributed by atoms with van der Waals surface area (Å²) in [5, 5.41) is 12.5. The summed E-state index contributed by atoms with van der Waals surface area (Å²) in [6, 6.07) is 7.38. The highest BCUT2D eigenvalue weighted by molar-refractivity contribution is 9.10. The smallest absolute Gasteiger partial charge is 0.319 e. The van der Waals surface area contributed by atoms with E-state index in [1.54, 1.807) is 0 Å². The lowest BCUT2D eigenvalue weighted by molar-refractivity contribution is 0.252. The van der Waals surface area contributed by atoms with Crippen molar-refractivity contribution >= 4 is 40.1 Å². The van der Waals surface area contributed by atoms with Gasteiger partial charge in [0.1, 0.15) is 0 Å². The quantitative estimate of drug-likeness (QED) is 0.643. The second-order valence-corrected chi connectivity index (χ2v) is 6.05. The minimum absolute atomic E-state index is 0. The summed E-state index contributed by atoms with van der Waals surface area (Å²) < 4.78 is 6.12. The van der Waals surface area contributed by atoms with Gasteiger partial charge in [-0.1, -0.05) is 21.1 Å². The van der Waals surface area contributed by atoms with E-state index in [2.05, 4.69) is 42.0 Å². The molecule has 3 N–H and O–H groups in total. The molecule has 0 bridgehead atoms. The number of carbonyl (C=O) groups is 1. The normalized spacial score (nSPS) is 11.5. The maximum Gasteiger partial charge on any atom is 0.319 e. The van der Waals surface area contributed by atoms with Gasteiger partial charge in [0.05, 0.1) is 0 Å². The van der Waals surface area contributed by atoms with Crippen LogP contribution in [-0.4, -0.2) is 35.8 Å². The molecule has 0 radical (unpaired) electrons. The molecule has 0 saturated heterocycles. The van der Waals surface area contributed by atoms with E-state index < -0.39 is 0 Å². The highest BCUT2D eigenvalue weighted by atomic mass is 79.9. The second kappa shape index (κ2) is 10.3. The van der Waals surface area contributed by atoms with Crippen LogP contribution in [-0.2, 0) is 12.8 Å². The standard InChI is InChI=1S/C15H20BrN5O2.ClH/c1-10(17-2)9-13-20-14(23-21-13)7-8-18-15(22)19-12-5-3-11(16)4-6-12;/h3-6,10,17H,7-9H2,1-2H3,(H2,18,19,22);1H. The lowest BCUT2D eigenvalue weighted by atomic mass is 10.2. The molecule has 0 aliphatic heterocycles. The molecule has 1 heterocycles. The van der Waals surface area contributed by atoms with E-state index >= 15 is 0 Å². The first-order chi connectivity index (χ1) is 11.1. The predicted octanol–water partition coefficient (Wildman–Crippen LogP) is 2.77. The Hall–Kier alpha value is -1.64. The number of hydrogen-bond donors (Lipinski definition) is 3. The van der Waals surface area contributed by atoms with Crippen LogP contribution in [0.1, 0.15) is 18.6 Å². The molecule has 24 heavy (non-hydrogen) atoms. The molecule has 2 aromatic rings. The highest BCUT2D eigenvalue weighted by Crippen LogP contribution is 2.13. The number of nitrogens with one attached hydrogen (secondary N) is 3. The van der Waals surface area contributed by atoms with Crippen LogP contribution < -0.4 is 16.0 Å². The van der Waals surface area contributed by atoms with E-state index in [0.29, 0.717) is 31.1 Å². The van der Waals surface area contributed by atoms with Gasteiger partial charge in [-0.15, -0.1) is 12.4 Å². The number of anilines is 1. The summed E-state index contributed by atoms with van der Waals surface area (Å²) >= 11 is 3.35. The molecule has 2 amide bonds. The molecule has 1 aromatic carbocycles. The van der Waals surface area contributed by atoms with Crippen molar-refractivity contribution in [3.63, 3.8) is 0 Å². The number of benzene rings is 1. The molecular formula is C15H21BrClN5O2. The SMILES string of the molecule is CNC(C)Cc1noc(CCNC(=O)Nc2ccc(Br)cc2)n1.Cl. The summed E-state index contributed by atoms with van der Waals surface area (Å²) in [6.45, 7) is 2.47. The molecule has 0 aliphatic carbocycles. The summed E-state index contributed by atoms with van der Waals surface area (Å²) in [7, 11) is 1.89. The Bertz CT molecular complexity index is 635. The summed E-state index contributed by atoms with van der Waals surface area (Å²) in [4.78, 5) is 16.1. The van der Waals surface area contributed by atoms with Crippen LogP contribution in [0.25, 0.3) is 0 Å². The Labute approximate surface area is 155 Å². The molecule has 0 saturated carbocycles. The van der Waals surface area contributed by atoms with Crippen molar-refractivity contribution < 1.29 is 9.32 Å². The second-order valence-electron chi connectivity index (χ2n) is 5.14. The fourth-order valence-electron chi connectivity index (χ4n) is 1.84. The van der Waals surface area contributed by atoms with Crippen molar-refractivity contribution in [2.45, 2.75) is 25.8 Å². The zero-order chi connectivity index (χ0) is 16.7. The maximum atomic E-state index is 11.8. The van der Waals surface area contributed by atoms with Crippen LogP contribution in [0.5, 0.6) is 0 Å². The molecule has 2 rings (SSSR count). The van der Waals surface area contributed by atoms with Crippen molar-refractivity contribution in [3.05, 3.63) is 40.5 Å². The largest absolute Gasteiger partial charge is 0.339 e. The van der Waals surface area contributed by atoms with E-state index in [0.717, 1.165) is 10.2 Å². The first-order valence-corrected chi connectivity index (χ1v) is 8.15. The number of hydrogen-bond acceptors (Lipinski definition) is 5. The molecule has 7 nitrogen and oxygen atoms in total. The van der Waals surface area contributed by atoms with Crippen LogP contribution >= 0.6 is 28.3 Å². The number of aromatic nitrogens is 2. The minimum atomic E-state index is -0.268. The van der Waals surface area contributed by atoms with Crippen molar-refractivity contribution in [3.8, 4) is 0 Å². The highest BCUT2D eigenvalue weighted by Gasteiger charge is 2.09.